The molecule has 0 radical (unpaired) electrons. The van der Waals surface area contributed by atoms with Crippen molar-refractivity contribution in [3.63, 3.8) is 0 Å². The maximum Gasteiger partial charge on any atom is 0.193 e. The van der Waals surface area contributed by atoms with Crippen LogP contribution in [0.1, 0.15) is 43.6 Å². The molecule has 4 rings (SSSR count). The van der Waals surface area contributed by atoms with E-state index >= 15 is 0 Å². The minimum Gasteiger partial charge on any atom is -0.493 e. The molecule has 2 aliphatic heterocycles. The molecule has 1 aromatic rings. The van der Waals surface area contributed by atoms with E-state index in [4.69, 9.17) is 4.74 Å². The molecule has 4 nitrogen and oxygen atoms in total. The fourth-order valence-corrected chi connectivity index (χ4v) is 4.38. The third kappa shape index (κ3) is 3.37. The molecule has 1 aliphatic carbocycles. The molecule has 0 aromatic heterocycles. The fourth-order valence-electron chi connectivity index (χ4n) is 4.38. The maximum atomic E-state index is 5.77. The van der Waals surface area contributed by atoms with E-state index in [1.54, 1.807) is 0 Å². The van der Waals surface area contributed by atoms with Crippen molar-refractivity contribution in [3.8, 4) is 5.75 Å². The van der Waals surface area contributed by atoms with Crippen LogP contribution in [0.15, 0.2) is 29.3 Å². The van der Waals surface area contributed by atoms with Crippen LogP contribution in [-0.2, 0) is 0 Å². The number of nitrogens with zero attached hydrogens (tertiary/aromatic N) is 2. The molecule has 1 atom stereocenters. The second-order valence-corrected chi connectivity index (χ2v) is 7.33. The van der Waals surface area contributed by atoms with Crippen molar-refractivity contribution >= 4 is 29.9 Å². The van der Waals surface area contributed by atoms with Crippen LogP contribution in [0.4, 0.5) is 0 Å². The predicted octanol–water partition coefficient (Wildman–Crippen LogP) is 3.62. The zero-order valence-electron chi connectivity index (χ0n) is 14.5. The van der Waals surface area contributed by atoms with Gasteiger partial charge in [-0.25, -0.2) is 0 Å². The quantitative estimate of drug-likeness (QED) is 0.433. The number of hydrogen-bond donors (Lipinski definition) is 1. The molecule has 1 N–H and O–H groups in total. The summed E-state index contributed by atoms with van der Waals surface area (Å²) in [6.45, 7) is 4.10. The molecule has 1 saturated heterocycles. The Hall–Kier alpha value is -0.980. The summed E-state index contributed by atoms with van der Waals surface area (Å²) < 4.78 is 5.77. The van der Waals surface area contributed by atoms with Gasteiger partial charge in [-0.2, -0.15) is 0 Å². The smallest absolute Gasteiger partial charge is 0.193 e. The van der Waals surface area contributed by atoms with Crippen molar-refractivity contribution in [2.75, 3.05) is 33.3 Å². The first-order valence-corrected chi connectivity index (χ1v) is 8.97. The lowest BCUT2D eigenvalue weighted by Crippen LogP contribution is -2.44. The normalized spacial score (nSPS) is 24.6. The van der Waals surface area contributed by atoms with E-state index in [9.17, 15) is 0 Å². The molecule has 0 amide bonds. The molecule has 0 bridgehead atoms. The minimum atomic E-state index is 0. The number of aliphatic imine (C=N–C) groups is 1. The average Bonchev–Trinajstić information content (AvgIpc) is 3.01. The Labute approximate surface area is 162 Å². The predicted molar refractivity (Wildman–Crippen MR) is 109 cm³/mol. The molecule has 2 fully saturated rings. The van der Waals surface area contributed by atoms with Gasteiger partial charge in [0.25, 0.3) is 0 Å². The van der Waals surface area contributed by atoms with Crippen molar-refractivity contribution in [3.05, 3.63) is 29.8 Å². The van der Waals surface area contributed by atoms with Gasteiger partial charge in [-0.3, -0.25) is 4.99 Å². The summed E-state index contributed by atoms with van der Waals surface area (Å²) in [6, 6.07) is 8.44. The summed E-state index contributed by atoms with van der Waals surface area (Å²) >= 11 is 0. The summed E-state index contributed by atoms with van der Waals surface area (Å²) in [5.74, 6) is 2.64. The lowest BCUT2D eigenvalue weighted by atomic mass is 9.68. The number of fused-ring (bicyclic) bond motifs is 1. The fraction of sp³-hybridized carbons (Fsp3) is 0.632. The van der Waals surface area contributed by atoms with Crippen LogP contribution in [-0.4, -0.2) is 44.1 Å². The lowest BCUT2D eigenvalue weighted by Gasteiger charge is -2.38. The highest BCUT2D eigenvalue weighted by molar-refractivity contribution is 14.0. The van der Waals surface area contributed by atoms with Gasteiger partial charge in [0.1, 0.15) is 5.75 Å². The molecule has 24 heavy (non-hydrogen) atoms. The number of hydrogen-bond acceptors (Lipinski definition) is 2. The second-order valence-electron chi connectivity index (χ2n) is 7.33. The van der Waals surface area contributed by atoms with Crippen LogP contribution in [0, 0.1) is 5.41 Å². The van der Waals surface area contributed by atoms with Crippen molar-refractivity contribution in [2.24, 2.45) is 10.4 Å². The minimum absolute atomic E-state index is 0. The number of benzene rings is 1. The Bertz CT molecular complexity index is 600. The SMILES string of the molecule is CN=C(NCC1CCOc2ccccc21)N1CCC2(CCC2)C1.I. The molecular formula is C19H28IN3O. The number of rotatable bonds is 2. The zero-order valence-corrected chi connectivity index (χ0v) is 16.8. The van der Waals surface area contributed by atoms with Gasteiger partial charge in [0.15, 0.2) is 5.96 Å². The van der Waals surface area contributed by atoms with E-state index in [0.717, 1.165) is 37.8 Å². The molecule has 1 saturated carbocycles. The Balaban J connectivity index is 0.00000169. The van der Waals surface area contributed by atoms with Crippen LogP contribution in [0.5, 0.6) is 5.75 Å². The van der Waals surface area contributed by atoms with Gasteiger partial charge in [-0.15, -0.1) is 24.0 Å². The van der Waals surface area contributed by atoms with E-state index in [2.05, 4.69) is 39.5 Å². The first kappa shape index (κ1) is 17.8. The van der Waals surface area contributed by atoms with E-state index in [1.807, 2.05) is 7.05 Å². The van der Waals surface area contributed by atoms with Crippen molar-refractivity contribution in [1.29, 1.82) is 0 Å². The number of likely N-dealkylation sites (tertiary alicyclic amines) is 1. The molecule has 3 aliphatic rings. The van der Waals surface area contributed by atoms with Gasteiger partial charge in [0, 0.05) is 32.6 Å². The van der Waals surface area contributed by atoms with Crippen molar-refractivity contribution in [2.45, 2.75) is 38.0 Å². The molecule has 132 valence electrons. The monoisotopic (exact) mass is 441 g/mol. The average molecular weight is 441 g/mol. The summed E-state index contributed by atoms with van der Waals surface area (Å²) in [4.78, 5) is 7.00. The van der Waals surface area contributed by atoms with Crippen LogP contribution in [0.3, 0.4) is 0 Å². The molecule has 1 aromatic carbocycles. The Kier molecular flexibility index (Phi) is 5.57. The Morgan fingerprint density at radius 1 is 1.33 bits per heavy atom. The highest BCUT2D eigenvalue weighted by atomic mass is 127. The van der Waals surface area contributed by atoms with E-state index in [1.165, 1.54) is 37.8 Å². The van der Waals surface area contributed by atoms with Crippen molar-refractivity contribution < 1.29 is 4.74 Å². The van der Waals surface area contributed by atoms with E-state index < -0.39 is 0 Å². The molecule has 1 spiro atoms. The summed E-state index contributed by atoms with van der Waals surface area (Å²) in [7, 11) is 1.91. The van der Waals surface area contributed by atoms with Gasteiger partial charge in [-0.1, -0.05) is 24.6 Å². The number of para-hydroxylation sites is 1. The number of guanidine groups is 1. The van der Waals surface area contributed by atoms with E-state index in [-0.39, 0.29) is 24.0 Å². The summed E-state index contributed by atoms with van der Waals surface area (Å²) in [5, 5.41) is 3.63. The topological polar surface area (TPSA) is 36.9 Å². The third-order valence-electron chi connectivity index (χ3n) is 5.95. The molecule has 2 heterocycles. The first-order chi connectivity index (χ1) is 11.3. The number of halogens is 1. The standard InChI is InChI=1S/C19H27N3O.HI/c1-20-18(22-11-10-19(14-22)8-4-9-19)21-13-15-7-12-23-17-6-3-2-5-16(15)17;/h2-3,5-6,15H,4,7-14H2,1H3,(H,20,21);1H. The van der Waals surface area contributed by atoms with Gasteiger partial charge in [0.05, 0.1) is 6.61 Å². The summed E-state index contributed by atoms with van der Waals surface area (Å²) in [5.41, 5.74) is 1.95. The number of ether oxygens (including phenoxy) is 1. The van der Waals surface area contributed by atoms with Gasteiger partial charge >= 0.3 is 0 Å². The first-order valence-electron chi connectivity index (χ1n) is 8.97. The molecule has 5 heteroatoms. The van der Waals surface area contributed by atoms with E-state index in [0.29, 0.717) is 11.3 Å². The van der Waals surface area contributed by atoms with Crippen LogP contribution in [0.2, 0.25) is 0 Å². The van der Waals surface area contributed by atoms with Crippen LogP contribution < -0.4 is 10.1 Å². The van der Waals surface area contributed by atoms with Gasteiger partial charge in [0.2, 0.25) is 0 Å². The lowest BCUT2D eigenvalue weighted by molar-refractivity contribution is 0.151. The van der Waals surface area contributed by atoms with Gasteiger partial charge < -0.3 is 15.0 Å². The van der Waals surface area contributed by atoms with Crippen molar-refractivity contribution in [1.82, 2.24) is 10.2 Å². The Morgan fingerprint density at radius 2 is 2.17 bits per heavy atom. The largest absolute Gasteiger partial charge is 0.493 e. The van der Waals surface area contributed by atoms with Crippen LogP contribution >= 0.6 is 24.0 Å². The van der Waals surface area contributed by atoms with Gasteiger partial charge in [-0.05, 0) is 42.7 Å². The highest BCUT2D eigenvalue weighted by Crippen LogP contribution is 2.47. The summed E-state index contributed by atoms with van der Waals surface area (Å²) in [6.07, 6.45) is 6.65. The zero-order chi connectivity index (χ0) is 15.7. The second kappa shape index (κ2) is 7.50. The molecule has 1 unspecified atom stereocenters. The number of nitrogens with one attached hydrogen (secondary N) is 1. The Morgan fingerprint density at radius 3 is 2.88 bits per heavy atom. The maximum absolute atomic E-state index is 5.77. The van der Waals surface area contributed by atoms with Crippen LogP contribution in [0.25, 0.3) is 0 Å². The highest BCUT2D eigenvalue weighted by Gasteiger charge is 2.43. The molecular weight excluding hydrogens is 413 g/mol. The third-order valence-corrected chi connectivity index (χ3v) is 5.95.